The van der Waals surface area contributed by atoms with Crippen LogP contribution < -0.4 is 5.73 Å². The molecule has 0 aliphatic rings. The summed E-state index contributed by atoms with van der Waals surface area (Å²) in [5, 5.41) is 8.46. The maximum atomic E-state index is 13.0. The molecule has 0 bridgehead atoms. The van der Waals surface area contributed by atoms with Gasteiger partial charge in [-0.2, -0.15) is 4.79 Å². The van der Waals surface area contributed by atoms with Crippen LogP contribution in [0.3, 0.4) is 0 Å². The third kappa shape index (κ3) is 2.03. The first-order valence-electron chi connectivity index (χ1n) is 3.70. The summed E-state index contributed by atoms with van der Waals surface area (Å²) in [5.41, 5.74) is 5.39. The molecule has 1 unspecified atom stereocenters. The molecule has 0 saturated heterocycles. The van der Waals surface area contributed by atoms with Gasteiger partial charge in [-0.15, -0.1) is 0 Å². The molecular weight excluding hydrogens is 177 g/mol. The van der Waals surface area contributed by atoms with Crippen LogP contribution in [0.25, 0.3) is 0 Å². The zero-order valence-corrected chi connectivity index (χ0v) is 7.07. The van der Waals surface area contributed by atoms with Gasteiger partial charge in [-0.1, -0.05) is 4.48 Å². The fourth-order valence-corrected chi connectivity index (χ4v) is 0.923. The predicted molar refractivity (Wildman–Crippen MR) is 42.8 cm³/mol. The number of aliphatic carboxylic acids is 1. The Morgan fingerprint density at radius 2 is 2.54 bits per heavy atom. The van der Waals surface area contributed by atoms with Crippen molar-refractivity contribution in [3.63, 3.8) is 0 Å². The summed E-state index contributed by atoms with van der Waals surface area (Å²) < 4.78 is 13.0. The third-order valence-corrected chi connectivity index (χ3v) is 1.68. The van der Waals surface area contributed by atoms with E-state index in [1.54, 1.807) is 0 Å². The first-order chi connectivity index (χ1) is 6.02. The molecule has 5 nitrogen and oxygen atoms in total. The number of aryl methyl sites for hydroxylation is 1. The number of carboxylic acid groups (broad SMARTS) is 1. The van der Waals surface area contributed by atoms with Crippen molar-refractivity contribution in [1.29, 1.82) is 0 Å². The summed E-state index contributed by atoms with van der Waals surface area (Å²) in [4.78, 5) is 14.3. The Balaban J connectivity index is 2.74. The van der Waals surface area contributed by atoms with Gasteiger partial charge < -0.3 is 10.8 Å². The topological polar surface area (TPSA) is 81.1 Å². The lowest BCUT2D eigenvalue weighted by Gasteiger charge is -2.04. The minimum Gasteiger partial charge on any atom is -0.480 e. The second kappa shape index (κ2) is 3.53. The van der Waals surface area contributed by atoms with Crippen molar-refractivity contribution < 1.29 is 14.4 Å². The quantitative estimate of drug-likeness (QED) is 0.691. The number of halogens is 1. The maximum absolute atomic E-state index is 13.0. The maximum Gasteiger partial charge on any atom is 0.320 e. The standard InChI is InChI=1S/C7H10FN3O2/c1-4-10-3-5(11(4)8)2-6(9)7(12)13/h3,6H,2,9H2,1H3,(H,12,13). The molecule has 3 N–H and O–H groups in total. The summed E-state index contributed by atoms with van der Waals surface area (Å²) in [5.74, 6) is -0.966. The molecule has 72 valence electrons. The van der Waals surface area contributed by atoms with E-state index in [0.29, 0.717) is 4.79 Å². The van der Waals surface area contributed by atoms with E-state index in [9.17, 15) is 9.28 Å². The molecule has 13 heavy (non-hydrogen) atoms. The van der Waals surface area contributed by atoms with Crippen molar-refractivity contribution in [1.82, 2.24) is 9.77 Å². The average molecular weight is 187 g/mol. The van der Waals surface area contributed by atoms with E-state index in [-0.39, 0.29) is 17.9 Å². The van der Waals surface area contributed by atoms with E-state index in [2.05, 4.69) is 4.98 Å². The van der Waals surface area contributed by atoms with Crippen LogP contribution in [0.4, 0.5) is 4.48 Å². The zero-order chi connectivity index (χ0) is 10.0. The lowest BCUT2D eigenvalue weighted by Crippen LogP contribution is -2.32. The van der Waals surface area contributed by atoms with Gasteiger partial charge in [0.15, 0.2) is 0 Å². The Labute approximate surface area is 73.9 Å². The minimum absolute atomic E-state index is 0.0628. The van der Waals surface area contributed by atoms with Crippen LogP contribution in [0, 0.1) is 6.92 Å². The van der Waals surface area contributed by atoms with Crippen LogP contribution in [-0.2, 0) is 11.2 Å². The van der Waals surface area contributed by atoms with E-state index in [1.165, 1.54) is 13.1 Å². The Hall–Kier alpha value is -1.43. The Kier molecular flexibility index (Phi) is 2.62. The van der Waals surface area contributed by atoms with Crippen molar-refractivity contribution in [2.45, 2.75) is 19.4 Å². The highest BCUT2D eigenvalue weighted by Crippen LogP contribution is 2.06. The molecule has 0 amide bonds. The number of nitrogens with two attached hydrogens (primary N) is 1. The van der Waals surface area contributed by atoms with Gasteiger partial charge in [0.1, 0.15) is 11.9 Å². The fraction of sp³-hybridized carbons (Fsp3) is 0.429. The number of rotatable bonds is 3. The predicted octanol–water partition coefficient (Wildman–Crippen LogP) is -0.121. The van der Waals surface area contributed by atoms with Crippen LogP contribution in [0.2, 0.25) is 0 Å². The molecule has 0 aromatic carbocycles. The average Bonchev–Trinajstić information content (AvgIpc) is 2.36. The fourth-order valence-electron chi connectivity index (χ4n) is 0.923. The van der Waals surface area contributed by atoms with Crippen molar-refractivity contribution in [2.24, 2.45) is 5.73 Å². The molecule has 0 saturated carbocycles. The highest BCUT2D eigenvalue weighted by Gasteiger charge is 2.16. The summed E-state index contributed by atoms with van der Waals surface area (Å²) in [6.07, 6.45) is 1.21. The first-order valence-corrected chi connectivity index (χ1v) is 3.70. The van der Waals surface area contributed by atoms with Gasteiger partial charge in [-0.25, -0.2) is 4.98 Å². The molecule has 0 fully saturated rings. The van der Waals surface area contributed by atoms with Crippen LogP contribution in [0.15, 0.2) is 6.20 Å². The van der Waals surface area contributed by atoms with E-state index in [1.807, 2.05) is 0 Å². The molecular formula is C7H10FN3O2. The number of hydrogen-bond donors (Lipinski definition) is 2. The lowest BCUT2D eigenvalue weighted by molar-refractivity contribution is -0.138. The van der Waals surface area contributed by atoms with Crippen molar-refractivity contribution in [3.05, 3.63) is 17.7 Å². The molecule has 0 aliphatic heterocycles. The second-order valence-electron chi connectivity index (χ2n) is 2.73. The Morgan fingerprint density at radius 3 is 2.92 bits per heavy atom. The molecule has 0 spiro atoms. The SMILES string of the molecule is Cc1ncc(CC(N)C(=O)O)n1F. The third-order valence-electron chi connectivity index (χ3n) is 1.68. The van der Waals surface area contributed by atoms with E-state index >= 15 is 0 Å². The van der Waals surface area contributed by atoms with Crippen molar-refractivity contribution >= 4 is 5.97 Å². The highest BCUT2D eigenvalue weighted by atomic mass is 19.2. The summed E-state index contributed by atoms with van der Waals surface area (Å²) in [6.45, 7) is 1.48. The Bertz CT molecular complexity index is 324. The monoisotopic (exact) mass is 187 g/mol. The molecule has 1 rings (SSSR count). The summed E-state index contributed by atoms with van der Waals surface area (Å²) in [7, 11) is 0. The van der Waals surface area contributed by atoms with Crippen LogP contribution in [0.1, 0.15) is 11.5 Å². The van der Waals surface area contributed by atoms with Gasteiger partial charge in [0, 0.05) is 6.42 Å². The zero-order valence-electron chi connectivity index (χ0n) is 7.07. The number of carboxylic acids is 1. The van der Waals surface area contributed by atoms with Gasteiger partial charge in [-0.05, 0) is 6.92 Å². The first kappa shape index (κ1) is 9.66. The normalized spacial score (nSPS) is 12.8. The van der Waals surface area contributed by atoms with E-state index < -0.39 is 12.0 Å². The second-order valence-corrected chi connectivity index (χ2v) is 2.73. The van der Waals surface area contributed by atoms with Gasteiger partial charge >= 0.3 is 5.97 Å². The number of carbonyl (C=O) groups is 1. The molecule has 1 atom stereocenters. The Morgan fingerprint density at radius 1 is 1.92 bits per heavy atom. The molecule has 1 aromatic rings. The number of hydrogen-bond acceptors (Lipinski definition) is 3. The summed E-state index contributed by atoms with van der Waals surface area (Å²) >= 11 is 0. The lowest BCUT2D eigenvalue weighted by atomic mass is 10.2. The smallest absolute Gasteiger partial charge is 0.320 e. The van der Waals surface area contributed by atoms with Gasteiger partial charge in [0.2, 0.25) is 0 Å². The number of nitrogens with zero attached hydrogens (tertiary/aromatic N) is 2. The largest absolute Gasteiger partial charge is 0.480 e. The van der Waals surface area contributed by atoms with Gasteiger partial charge in [-0.3, -0.25) is 4.79 Å². The number of aromatic nitrogens is 2. The molecule has 0 radical (unpaired) electrons. The van der Waals surface area contributed by atoms with Crippen LogP contribution >= 0.6 is 0 Å². The molecule has 1 aromatic heterocycles. The van der Waals surface area contributed by atoms with E-state index in [0.717, 1.165) is 0 Å². The van der Waals surface area contributed by atoms with E-state index in [4.69, 9.17) is 10.8 Å². The summed E-state index contributed by atoms with van der Waals surface area (Å²) in [6, 6.07) is -1.09. The van der Waals surface area contributed by atoms with Crippen molar-refractivity contribution in [2.75, 3.05) is 0 Å². The highest BCUT2D eigenvalue weighted by molar-refractivity contribution is 5.73. The molecule has 1 heterocycles. The molecule has 6 heteroatoms. The minimum atomic E-state index is -1.15. The molecule has 0 aliphatic carbocycles. The van der Waals surface area contributed by atoms with Gasteiger partial charge in [0.05, 0.1) is 11.9 Å². The van der Waals surface area contributed by atoms with Crippen LogP contribution in [-0.4, -0.2) is 26.9 Å². The van der Waals surface area contributed by atoms with Crippen molar-refractivity contribution in [3.8, 4) is 0 Å². The van der Waals surface area contributed by atoms with Crippen LogP contribution in [0.5, 0.6) is 0 Å². The number of imidazole rings is 1. The van der Waals surface area contributed by atoms with Gasteiger partial charge in [0.25, 0.3) is 0 Å².